The van der Waals surface area contributed by atoms with Crippen molar-refractivity contribution in [1.29, 1.82) is 0 Å². The van der Waals surface area contributed by atoms with Gasteiger partial charge in [0.1, 0.15) is 12.4 Å². The first-order valence-corrected chi connectivity index (χ1v) is 5.27. The minimum atomic E-state index is -0.315. The van der Waals surface area contributed by atoms with E-state index in [9.17, 15) is 4.39 Å². The van der Waals surface area contributed by atoms with E-state index < -0.39 is 0 Å². The Morgan fingerprint density at radius 1 is 1.41 bits per heavy atom. The molecule has 2 rings (SSSR count). The van der Waals surface area contributed by atoms with Gasteiger partial charge in [-0.2, -0.15) is 0 Å². The number of nitrogens with one attached hydrogen (secondary N) is 1. The fourth-order valence-corrected chi connectivity index (χ4v) is 1.68. The van der Waals surface area contributed by atoms with Crippen LogP contribution < -0.4 is 0 Å². The van der Waals surface area contributed by atoms with Gasteiger partial charge in [-0.3, -0.25) is 0 Å². The Hall–Kier alpha value is -1.83. The zero-order valence-corrected chi connectivity index (χ0v) is 9.42. The number of hydrogen-bond acceptors (Lipinski definition) is 2. The molecule has 1 N–H and O–H groups in total. The van der Waals surface area contributed by atoms with Gasteiger partial charge < -0.3 is 4.98 Å². The maximum atomic E-state index is 13.1. The minimum absolute atomic E-state index is 0.212. The lowest BCUT2D eigenvalue weighted by Crippen LogP contribution is -1.96. The highest BCUT2D eigenvalue weighted by Gasteiger charge is 2.10. The molecule has 4 heteroatoms. The molecule has 0 saturated carbocycles. The minimum Gasteiger partial charge on any atom is -0.355 e. The van der Waals surface area contributed by atoms with Crippen molar-refractivity contribution in [1.82, 2.24) is 4.98 Å². The predicted molar refractivity (Wildman–Crippen MR) is 62.6 cm³/mol. The van der Waals surface area contributed by atoms with E-state index >= 15 is 0 Å². The third-order valence-electron chi connectivity index (χ3n) is 2.39. The zero-order valence-electron chi connectivity index (χ0n) is 9.42. The van der Waals surface area contributed by atoms with Gasteiger partial charge >= 0.3 is 0 Å². The lowest BCUT2D eigenvalue weighted by atomic mass is 10.1. The first-order chi connectivity index (χ1) is 8.26. The molecular formula is C13H12FNO2. The average Bonchev–Trinajstić information content (AvgIpc) is 2.66. The normalized spacial score (nSPS) is 10.6. The summed E-state index contributed by atoms with van der Waals surface area (Å²) in [5.74, 6) is 2.22. The highest BCUT2D eigenvalue weighted by Crippen LogP contribution is 2.23. The summed E-state index contributed by atoms with van der Waals surface area (Å²) in [7, 11) is 0. The summed E-state index contributed by atoms with van der Waals surface area (Å²) in [6.07, 6.45) is 5.43. The lowest BCUT2D eigenvalue weighted by molar-refractivity contribution is -0.301. The largest absolute Gasteiger partial charge is 0.355 e. The standard InChI is InChI=1S/C13H12FNO2/c1-3-10-11-7-9(14)5-6-12(11)15-13(10)8-17-16-4-2/h1,5-7,15H,4,8H2,2H3. The van der Waals surface area contributed by atoms with E-state index in [2.05, 4.69) is 10.9 Å². The predicted octanol–water partition coefficient (Wildman–Crippen LogP) is 2.76. The molecule has 0 bridgehead atoms. The number of fused-ring (bicyclic) bond motifs is 1. The molecule has 0 unspecified atom stereocenters. The molecule has 17 heavy (non-hydrogen) atoms. The van der Waals surface area contributed by atoms with Crippen molar-refractivity contribution in [2.75, 3.05) is 6.61 Å². The molecular weight excluding hydrogens is 221 g/mol. The fourth-order valence-electron chi connectivity index (χ4n) is 1.68. The molecule has 0 aliphatic rings. The van der Waals surface area contributed by atoms with Crippen LogP contribution in [0.4, 0.5) is 4.39 Å². The van der Waals surface area contributed by atoms with Crippen LogP contribution >= 0.6 is 0 Å². The molecule has 0 fully saturated rings. The van der Waals surface area contributed by atoms with Gasteiger partial charge in [-0.15, -0.1) is 6.42 Å². The molecule has 88 valence electrons. The number of terminal acetylenes is 1. The van der Waals surface area contributed by atoms with Crippen molar-refractivity contribution in [2.45, 2.75) is 13.5 Å². The van der Waals surface area contributed by atoms with Crippen LogP contribution in [0.5, 0.6) is 0 Å². The number of aromatic nitrogens is 1. The van der Waals surface area contributed by atoms with Crippen LogP contribution in [0.2, 0.25) is 0 Å². The highest BCUT2D eigenvalue weighted by atomic mass is 19.1. The Balaban J connectivity index is 2.39. The van der Waals surface area contributed by atoms with Crippen LogP contribution in [0.15, 0.2) is 18.2 Å². The Morgan fingerprint density at radius 3 is 2.94 bits per heavy atom. The first-order valence-electron chi connectivity index (χ1n) is 5.27. The van der Waals surface area contributed by atoms with E-state index in [4.69, 9.17) is 16.2 Å². The van der Waals surface area contributed by atoms with Crippen LogP contribution in [-0.2, 0) is 16.4 Å². The summed E-state index contributed by atoms with van der Waals surface area (Å²) >= 11 is 0. The van der Waals surface area contributed by atoms with Gasteiger partial charge in [0.25, 0.3) is 0 Å². The highest BCUT2D eigenvalue weighted by molar-refractivity contribution is 5.87. The quantitative estimate of drug-likeness (QED) is 0.381. The zero-order chi connectivity index (χ0) is 12.3. The van der Waals surface area contributed by atoms with Gasteiger partial charge in [0, 0.05) is 10.9 Å². The van der Waals surface area contributed by atoms with Crippen LogP contribution in [0, 0.1) is 18.2 Å². The summed E-state index contributed by atoms with van der Waals surface area (Å²) in [6.45, 7) is 2.49. The van der Waals surface area contributed by atoms with E-state index in [0.717, 1.165) is 5.52 Å². The molecule has 1 heterocycles. The second-order valence-electron chi connectivity index (χ2n) is 3.48. The van der Waals surface area contributed by atoms with Crippen LogP contribution in [0.1, 0.15) is 18.2 Å². The molecule has 0 aliphatic heterocycles. The Kier molecular flexibility index (Phi) is 3.43. The monoisotopic (exact) mass is 233 g/mol. The van der Waals surface area contributed by atoms with Gasteiger partial charge in [-0.25, -0.2) is 14.2 Å². The van der Waals surface area contributed by atoms with Gasteiger partial charge in [0.05, 0.1) is 17.9 Å². The average molecular weight is 233 g/mol. The topological polar surface area (TPSA) is 34.2 Å². The van der Waals surface area contributed by atoms with Crippen LogP contribution in [0.3, 0.4) is 0 Å². The molecule has 2 aromatic rings. The van der Waals surface area contributed by atoms with Crippen LogP contribution in [-0.4, -0.2) is 11.6 Å². The molecule has 1 aromatic carbocycles. The van der Waals surface area contributed by atoms with E-state index in [1.54, 1.807) is 6.07 Å². The number of hydrogen-bond donors (Lipinski definition) is 1. The number of halogens is 1. The molecule has 0 radical (unpaired) electrons. The summed E-state index contributed by atoms with van der Waals surface area (Å²) in [5, 5.41) is 0.683. The Morgan fingerprint density at radius 2 is 2.24 bits per heavy atom. The second-order valence-corrected chi connectivity index (χ2v) is 3.48. The SMILES string of the molecule is C#Cc1c(COOCC)[nH]c2ccc(F)cc12. The second kappa shape index (κ2) is 5.00. The van der Waals surface area contributed by atoms with E-state index in [-0.39, 0.29) is 12.4 Å². The molecule has 0 amide bonds. The molecule has 0 saturated heterocycles. The van der Waals surface area contributed by atoms with Crippen molar-refractivity contribution < 1.29 is 14.2 Å². The molecule has 0 atom stereocenters. The number of aromatic amines is 1. The maximum Gasteiger partial charge on any atom is 0.124 e. The van der Waals surface area contributed by atoms with E-state index in [1.165, 1.54) is 12.1 Å². The number of benzene rings is 1. The fraction of sp³-hybridized carbons (Fsp3) is 0.231. The molecule has 0 spiro atoms. The molecule has 3 nitrogen and oxygen atoms in total. The van der Waals surface area contributed by atoms with Gasteiger partial charge in [-0.1, -0.05) is 5.92 Å². The third kappa shape index (κ3) is 2.31. The first kappa shape index (κ1) is 11.6. The van der Waals surface area contributed by atoms with Gasteiger partial charge in [-0.05, 0) is 25.1 Å². The maximum absolute atomic E-state index is 13.1. The Bertz CT molecular complexity index is 569. The Labute approximate surface area is 98.5 Å². The van der Waals surface area contributed by atoms with Gasteiger partial charge in [0.15, 0.2) is 0 Å². The number of rotatable bonds is 4. The molecule has 0 aliphatic carbocycles. The van der Waals surface area contributed by atoms with Crippen molar-refractivity contribution in [3.8, 4) is 12.3 Å². The summed E-state index contributed by atoms with van der Waals surface area (Å²) in [5.41, 5.74) is 2.11. The summed E-state index contributed by atoms with van der Waals surface area (Å²) in [4.78, 5) is 12.8. The van der Waals surface area contributed by atoms with E-state index in [0.29, 0.717) is 23.3 Å². The van der Waals surface area contributed by atoms with Crippen LogP contribution in [0.25, 0.3) is 10.9 Å². The summed E-state index contributed by atoms with van der Waals surface area (Å²) < 4.78 is 13.1. The third-order valence-corrected chi connectivity index (χ3v) is 2.39. The van der Waals surface area contributed by atoms with Crippen molar-refractivity contribution in [3.05, 3.63) is 35.3 Å². The summed E-state index contributed by atoms with van der Waals surface area (Å²) in [6, 6.07) is 4.44. The number of H-pyrrole nitrogens is 1. The van der Waals surface area contributed by atoms with Crippen molar-refractivity contribution in [2.24, 2.45) is 0 Å². The van der Waals surface area contributed by atoms with Crippen molar-refractivity contribution >= 4 is 10.9 Å². The smallest absolute Gasteiger partial charge is 0.124 e. The molecule has 1 aromatic heterocycles. The van der Waals surface area contributed by atoms with Gasteiger partial charge in [0.2, 0.25) is 0 Å². The van der Waals surface area contributed by atoms with Crippen molar-refractivity contribution in [3.63, 3.8) is 0 Å². The lowest BCUT2D eigenvalue weighted by Gasteiger charge is -2.00. The van der Waals surface area contributed by atoms with E-state index in [1.807, 2.05) is 6.92 Å².